The molecule has 5 nitrogen and oxygen atoms in total. The molecule has 0 radical (unpaired) electrons. The Bertz CT molecular complexity index is 709. The molecule has 0 spiro atoms. The van der Waals surface area contributed by atoms with Crippen LogP contribution in [0.15, 0.2) is 24.3 Å². The first kappa shape index (κ1) is 24.4. The summed E-state index contributed by atoms with van der Waals surface area (Å²) < 4.78 is 0. The third-order valence-electron chi connectivity index (χ3n) is 2.71. The molecular formula is C18H25Cl3N4O. The normalized spacial score (nSPS) is 9.46. The second-order valence-corrected chi connectivity index (χ2v) is 6.00. The van der Waals surface area contributed by atoms with E-state index in [1.807, 2.05) is 41.5 Å². The van der Waals surface area contributed by atoms with E-state index in [4.69, 9.17) is 34.8 Å². The van der Waals surface area contributed by atoms with Gasteiger partial charge in [0.2, 0.25) is 5.95 Å². The molecule has 0 aliphatic heterocycles. The number of aromatic nitrogens is 2. The van der Waals surface area contributed by atoms with E-state index in [2.05, 4.69) is 20.6 Å². The summed E-state index contributed by atoms with van der Waals surface area (Å²) in [6, 6.07) is 5.92. The summed E-state index contributed by atoms with van der Waals surface area (Å²) in [5.41, 5.74) is 1.24. The van der Waals surface area contributed by atoms with Crippen LogP contribution in [0.3, 0.4) is 0 Å². The van der Waals surface area contributed by atoms with E-state index in [0.717, 1.165) is 5.69 Å². The third-order valence-corrected chi connectivity index (χ3v) is 3.64. The molecule has 0 saturated carbocycles. The van der Waals surface area contributed by atoms with E-state index in [9.17, 15) is 4.79 Å². The molecule has 0 atom stereocenters. The van der Waals surface area contributed by atoms with E-state index in [1.54, 1.807) is 24.3 Å². The summed E-state index contributed by atoms with van der Waals surface area (Å²) in [5.74, 6) is 0.299. The zero-order valence-corrected chi connectivity index (χ0v) is 18.1. The van der Waals surface area contributed by atoms with Crippen LogP contribution in [0.2, 0.25) is 15.2 Å². The van der Waals surface area contributed by atoms with Crippen LogP contribution in [0, 0.1) is 0 Å². The van der Waals surface area contributed by atoms with Crippen LogP contribution in [0.1, 0.15) is 53.2 Å². The molecular weight excluding hydrogens is 395 g/mol. The van der Waals surface area contributed by atoms with Crippen molar-refractivity contribution in [3.63, 3.8) is 0 Å². The molecule has 1 aromatic heterocycles. The van der Waals surface area contributed by atoms with Gasteiger partial charge >= 0.3 is 6.03 Å². The van der Waals surface area contributed by atoms with E-state index in [0.29, 0.717) is 15.7 Å². The first-order chi connectivity index (χ1) is 12.3. The lowest BCUT2D eigenvalue weighted by Gasteiger charge is -2.10. The van der Waals surface area contributed by atoms with Gasteiger partial charge in [-0.05, 0) is 30.2 Å². The highest BCUT2D eigenvalue weighted by molar-refractivity contribution is 6.42. The molecule has 1 aromatic carbocycles. The Labute approximate surface area is 170 Å². The molecule has 8 heteroatoms. The fourth-order valence-corrected chi connectivity index (χ4v) is 2.11. The van der Waals surface area contributed by atoms with E-state index >= 15 is 0 Å². The molecule has 0 bridgehead atoms. The van der Waals surface area contributed by atoms with Gasteiger partial charge in [-0.1, -0.05) is 76.3 Å². The Hall–Kier alpha value is -1.56. The Morgan fingerprint density at radius 1 is 0.923 bits per heavy atom. The summed E-state index contributed by atoms with van der Waals surface area (Å²) >= 11 is 17.6. The lowest BCUT2D eigenvalue weighted by molar-refractivity contribution is 0.262. The monoisotopic (exact) mass is 418 g/mol. The minimum Gasteiger partial charge on any atom is -0.308 e. The topological polar surface area (TPSA) is 66.9 Å². The number of amides is 2. The molecule has 0 aliphatic rings. The molecule has 0 unspecified atom stereocenters. The maximum Gasteiger partial charge on any atom is 0.326 e. The van der Waals surface area contributed by atoms with Crippen LogP contribution in [-0.2, 0) is 0 Å². The fraction of sp³-hybridized carbons (Fsp3) is 0.389. The molecule has 2 N–H and O–H groups in total. The average Bonchev–Trinajstić information content (AvgIpc) is 2.61. The van der Waals surface area contributed by atoms with Crippen LogP contribution in [-0.4, -0.2) is 16.0 Å². The summed E-state index contributed by atoms with van der Waals surface area (Å²) in [7, 11) is 0. The summed E-state index contributed by atoms with van der Waals surface area (Å²) in [4.78, 5) is 20.1. The smallest absolute Gasteiger partial charge is 0.308 e. The van der Waals surface area contributed by atoms with Crippen LogP contribution >= 0.6 is 34.8 Å². The predicted molar refractivity (Wildman–Crippen MR) is 113 cm³/mol. The second-order valence-electron chi connectivity index (χ2n) is 4.80. The van der Waals surface area contributed by atoms with Crippen LogP contribution in [0.4, 0.5) is 16.4 Å². The van der Waals surface area contributed by atoms with Gasteiger partial charge in [-0.15, -0.1) is 0 Å². The molecule has 0 saturated heterocycles. The quantitative estimate of drug-likeness (QED) is 0.514. The van der Waals surface area contributed by atoms with Crippen LogP contribution in [0.25, 0.3) is 0 Å². The highest BCUT2D eigenvalue weighted by Crippen LogP contribution is 2.25. The number of carbonyl (C=O) groups excluding carboxylic acids is 1. The SMILES string of the molecule is CC.CC.CC(C)c1cc(Cl)nc(NC(=O)Nc2ccc(Cl)c(Cl)c2)n1. The first-order valence-electron chi connectivity index (χ1n) is 8.42. The maximum atomic E-state index is 11.9. The Balaban J connectivity index is 0.00000146. The van der Waals surface area contributed by atoms with Gasteiger partial charge in [0.05, 0.1) is 15.7 Å². The van der Waals surface area contributed by atoms with E-state index in [-0.39, 0.29) is 17.0 Å². The molecule has 26 heavy (non-hydrogen) atoms. The van der Waals surface area contributed by atoms with Gasteiger partial charge in [-0.2, -0.15) is 0 Å². The molecule has 2 aromatic rings. The van der Waals surface area contributed by atoms with Crippen molar-refractivity contribution in [2.45, 2.75) is 47.5 Å². The van der Waals surface area contributed by atoms with Gasteiger partial charge in [0, 0.05) is 5.69 Å². The lowest BCUT2D eigenvalue weighted by Crippen LogP contribution is -2.21. The Morgan fingerprint density at radius 2 is 1.54 bits per heavy atom. The number of nitrogens with zero attached hydrogens (tertiary/aromatic N) is 2. The third kappa shape index (κ3) is 8.21. The molecule has 0 fully saturated rings. The minimum atomic E-state index is -0.504. The van der Waals surface area contributed by atoms with Crippen molar-refractivity contribution in [1.82, 2.24) is 9.97 Å². The standard InChI is InChI=1S/C14H13Cl3N4O.2C2H6/c1-7(2)11-6-12(17)20-13(19-11)21-14(22)18-8-3-4-9(15)10(16)5-8;2*1-2/h3-7H,1-2H3,(H2,18,19,20,21,22);2*1-2H3. The number of hydrogen-bond donors (Lipinski definition) is 2. The van der Waals surface area contributed by atoms with Gasteiger partial charge in [0.15, 0.2) is 0 Å². The number of urea groups is 1. The van der Waals surface area contributed by atoms with Gasteiger partial charge < -0.3 is 5.32 Å². The number of rotatable bonds is 3. The van der Waals surface area contributed by atoms with Crippen molar-refractivity contribution < 1.29 is 4.79 Å². The number of halogens is 3. The predicted octanol–water partition coefficient (Wildman–Crippen LogP) is 7.26. The number of anilines is 2. The van der Waals surface area contributed by atoms with Gasteiger partial charge in [-0.25, -0.2) is 14.8 Å². The zero-order chi connectivity index (χ0) is 20.3. The Kier molecular flexibility index (Phi) is 12.0. The number of hydrogen-bond acceptors (Lipinski definition) is 3. The number of nitrogens with one attached hydrogen (secondary N) is 2. The average molecular weight is 420 g/mol. The number of benzene rings is 1. The first-order valence-corrected chi connectivity index (χ1v) is 9.56. The molecule has 144 valence electrons. The number of carbonyl (C=O) groups is 1. The highest BCUT2D eigenvalue weighted by Gasteiger charge is 2.10. The van der Waals surface area contributed by atoms with E-state index < -0.39 is 6.03 Å². The summed E-state index contributed by atoms with van der Waals surface area (Å²) in [5, 5.41) is 6.16. The van der Waals surface area contributed by atoms with Crippen LogP contribution in [0.5, 0.6) is 0 Å². The van der Waals surface area contributed by atoms with Crippen molar-refractivity contribution >= 4 is 52.5 Å². The summed E-state index contributed by atoms with van der Waals surface area (Å²) in [6.07, 6.45) is 0. The lowest BCUT2D eigenvalue weighted by atomic mass is 10.1. The van der Waals surface area contributed by atoms with Gasteiger partial charge in [0.25, 0.3) is 0 Å². The molecule has 2 rings (SSSR count). The highest BCUT2D eigenvalue weighted by atomic mass is 35.5. The Morgan fingerprint density at radius 3 is 2.08 bits per heavy atom. The maximum absolute atomic E-state index is 11.9. The van der Waals surface area contributed by atoms with Crippen molar-refractivity contribution in [3.8, 4) is 0 Å². The largest absolute Gasteiger partial charge is 0.326 e. The molecule has 0 aliphatic carbocycles. The molecule has 2 amide bonds. The van der Waals surface area contributed by atoms with Gasteiger partial charge in [-0.3, -0.25) is 5.32 Å². The van der Waals surface area contributed by atoms with Crippen LogP contribution < -0.4 is 10.6 Å². The molecule has 1 heterocycles. The summed E-state index contributed by atoms with van der Waals surface area (Å²) in [6.45, 7) is 11.9. The van der Waals surface area contributed by atoms with Crippen molar-refractivity contribution in [1.29, 1.82) is 0 Å². The zero-order valence-electron chi connectivity index (χ0n) is 15.8. The fourth-order valence-electron chi connectivity index (χ4n) is 1.62. The van der Waals surface area contributed by atoms with E-state index in [1.165, 1.54) is 0 Å². The van der Waals surface area contributed by atoms with Crippen molar-refractivity contribution in [2.24, 2.45) is 0 Å². The van der Waals surface area contributed by atoms with Crippen molar-refractivity contribution in [3.05, 3.63) is 45.2 Å². The second kappa shape index (κ2) is 12.7. The van der Waals surface area contributed by atoms with Crippen molar-refractivity contribution in [2.75, 3.05) is 10.6 Å². The van der Waals surface area contributed by atoms with Gasteiger partial charge in [0.1, 0.15) is 5.15 Å². The minimum absolute atomic E-state index is 0.133.